The molecule has 3 aromatic rings. The minimum Gasteiger partial charge on any atom is -0.454 e. The van der Waals surface area contributed by atoms with Crippen LogP contribution in [0.25, 0.3) is 22.6 Å². The first-order chi connectivity index (χ1) is 11.3. The third-order valence-corrected chi connectivity index (χ3v) is 3.86. The maximum atomic E-state index is 12.4. The van der Waals surface area contributed by atoms with E-state index in [4.69, 9.17) is 4.42 Å². The molecule has 0 saturated carbocycles. The zero-order chi connectivity index (χ0) is 15.8. The summed E-state index contributed by atoms with van der Waals surface area (Å²) >= 11 is 0. The first-order valence-electron chi connectivity index (χ1n) is 7.30. The van der Waals surface area contributed by atoms with Crippen LogP contribution in [0.2, 0.25) is 0 Å². The van der Waals surface area contributed by atoms with Gasteiger partial charge in [0.25, 0.3) is 0 Å². The van der Waals surface area contributed by atoms with E-state index in [1.165, 1.54) is 12.2 Å². The van der Waals surface area contributed by atoms with E-state index in [0.29, 0.717) is 22.6 Å². The molecular formula is C20H12O3. The van der Waals surface area contributed by atoms with E-state index in [1.807, 2.05) is 60.7 Å². The van der Waals surface area contributed by atoms with Gasteiger partial charge in [-0.2, -0.15) is 0 Å². The van der Waals surface area contributed by atoms with Gasteiger partial charge in [0.2, 0.25) is 0 Å². The van der Waals surface area contributed by atoms with Gasteiger partial charge >= 0.3 is 0 Å². The Kier molecular flexibility index (Phi) is 3.05. The summed E-state index contributed by atoms with van der Waals surface area (Å²) in [5, 5.41) is 0. The number of ketones is 2. The molecule has 3 heteroatoms. The van der Waals surface area contributed by atoms with Crippen molar-refractivity contribution in [2.45, 2.75) is 0 Å². The van der Waals surface area contributed by atoms with E-state index >= 15 is 0 Å². The molecular weight excluding hydrogens is 288 g/mol. The van der Waals surface area contributed by atoms with Gasteiger partial charge in [-0.15, -0.1) is 0 Å². The Morgan fingerprint density at radius 2 is 0.957 bits per heavy atom. The monoisotopic (exact) mass is 300 g/mol. The number of hydrogen-bond donors (Lipinski definition) is 0. The summed E-state index contributed by atoms with van der Waals surface area (Å²) in [6.45, 7) is 0. The van der Waals surface area contributed by atoms with Crippen LogP contribution in [0.15, 0.2) is 77.2 Å². The molecule has 0 aliphatic heterocycles. The lowest BCUT2D eigenvalue weighted by atomic mass is 9.92. The van der Waals surface area contributed by atoms with Crippen molar-refractivity contribution >= 4 is 11.6 Å². The highest BCUT2D eigenvalue weighted by Crippen LogP contribution is 2.39. The zero-order valence-corrected chi connectivity index (χ0v) is 12.2. The van der Waals surface area contributed by atoms with Gasteiger partial charge in [0.1, 0.15) is 11.5 Å². The second kappa shape index (κ2) is 5.21. The number of fused-ring (bicyclic) bond motifs is 1. The molecule has 0 saturated heterocycles. The molecule has 3 nitrogen and oxygen atoms in total. The van der Waals surface area contributed by atoms with Crippen molar-refractivity contribution in [1.82, 2.24) is 0 Å². The fourth-order valence-electron chi connectivity index (χ4n) is 2.81. The van der Waals surface area contributed by atoms with Crippen molar-refractivity contribution < 1.29 is 14.0 Å². The van der Waals surface area contributed by atoms with Crippen LogP contribution in [-0.2, 0) is 0 Å². The van der Waals surface area contributed by atoms with Gasteiger partial charge in [-0.1, -0.05) is 60.7 Å². The summed E-state index contributed by atoms with van der Waals surface area (Å²) in [4.78, 5) is 24.7. The molecule has 0 amide bonds. The molecule has 4 rings (SSSR count). The molecule has 1 aromatic heterocycles. The Balaban J connectivity index is 2.04. The number of rotatable bonds is 2. The molecule has 1 aliphatic rings. The van der Waals surface area contributed by atoms with Crippen molar-refractivity contribution in [2.24, 2.45) is 0 Å². The van der Waals surface area contributed by atoms with Crippen molar-refractivity contribution in [3.05, 3.63) is 83.9 Å². The van der Waals surface area contributed by atoms with Crippen LogP contribution in [0, 0.1) is 0 Å². The summed E-state index contributed by atoms with van der Waals surface area (Å²) in [6.07, 6.45) is 2.61. The largest absolute Gasteiger partial charge is 0.454 e. The average molecular weight is 300 g/mol. The fourth-order valence-corrected chi connectivity index (χ4v) is 2.81. The zero-order valence-electron chi connectivity index (χ0n) is 12.2. The summed E-state index contributed by atoms with van der Waals surface area (Å²) < 4.78 is 6.00. The van der Waals surface area contributed by atoms with Crippen LogP contribution in [0.4, 0.5) is 0 Å². The van der Waals surface area contributed by atoms with Crippen molar-refractivity contribution in [3.8, 4) is 22.6 Å². The maximum Gasteiger partial charge on any atom is 0.190 e. The van der Waals surface area contributed by atoms with Gasteiger partial charge in [-0.25, -0.2) is 0 Å². The van der Waals surface area contributed by atoms with Crippen LogP contribution in [0.5, 0.6) is 0 Å². The summed E-state index contributed by atoms with van der Waals surface area (Å²) in [5.41, 5.74) is 2.26. The lowest BCUT2D eigenvalue weighted by Gasteiger charge is -2.05. The summed E-state index contributed by atoms with van der Waals surface area (Å²) in [6, 6.07) is 18.7. The first kappa shape index (κ1) is 13.5. The summed E-state index contributed by atoms with van der Waals surface area (Å²) in [7, 11) is 0. The van der Waals surface area contributed by atoms with Crippen LogP contribution in [0.3, 0.4) is 0 Å². The van der Waals surface area contributed by atoms with E-state index in [0.717, 1.165) is 11.1 Å². The summed E-state index contributed by atoms with van der Waals surface area (Å²) in [5.74, 6) is 0.484. The molecule has 0 atom stereocenters. The molecule has 0 unspecified atom stereocenters. The van der Waals surface area contributed by atoms with E-state index in [1.54, 1.807) is 0 Å². The van der Waals surface area contributed by atoms with Crippen LogP contribution < -0.4 is 0 Å². The minimum absolute atomic E-state index is 0.204. The fraction of sp³-hybridized carbons (Fsp3) is 0. The first-order valence-corrected chi connectivity index (χ1v) is 7.30. The van der Waals surface area contributed by atoms with Crippen molar-refractivity contribution in [3.63, 3.8) is 0 Å². The SMILES string of the molecule is O=C1C=CC(=O)c2c(-c3ccccc3)oc(-c3ccccc3)c21. The van der Waals surface area contributed by atoms with Gasteiger partial charge in [0.15, 0.2) is 11.6 Å². The Bertz CT molecular complexity index is 856. The third kappa shape index (κ3) is 2.14. The molecule has 0 fully saturated rings. The second-order valence-corrected chi connectivity index (χ2v) is 5.30. The normalized spacial score (nSPS) is 13.2. The molecule has 0 bridgehead atoms. The second-order valence-electron chi connectivity index (χ2n) is 5.30. The lowest BCUT2D eigenvalue weighted by molar-refractivity contribution is 0.0996. The quantitative estimate of drug-likeness (QED) is 0.697. The number of furan rings is 1. The highest BCUT2D eigenvalue weighted by Gasteiger charge is 2.31. The third-order valence-electron chi connectivity index (χ3n) is 3.86. The molecule has 0 radical (unpaired) electrons. The predicted molar refractivity (Wildman–Crippen MR) is 87.4 cm³/mol. The molecule has 0 N–H and O–H groups in total. The lowest BCUT2D eigenvalue weighted by Crippen LogP contribution is -2.10. The van der Waals surface area contributed by atoms with E-state index in [9.17, 15) is 9.59 Å². The molecule has 110 valence electrons. The highest BCUT2D eigenvalue weighted by atomic mass is 16.3. The standard InChI is InChI=1S/C20H12O3/c21-15-11-12-16(22)18-17(15)19(13-7-3-1-4-8-13)23-20(18)14-9-5-2-6-10-14/h1-12H. The van der Waals surface area contributed by atoms with Gasteiger partial charge in [0.05, 0.1) is 11.1 Å². The van der Waals surface area contributed by atoms with E-state index in [-0.39, 0.29) is 11.6 Å². The number of carbonyl (C=O) groups is 2. The Morgan fingerprint density at radius 1 is 0.565 bits per heavy atom. The van der Waals surface area contributed by atoms with Crippen LogP contribution in [-0.4, -0.2) is 11.6 Å². The van der Waals surface area contributed by atoms with Crippen LogP contribution in [0.1, 0.15) is 20.7 Å². The Morgan fingerprint density at radius 3 is 1.35 bits per heavy atom. The van der Waals surface area contributed by atoms with Gasteiger partial charge < -0.3 is 4.42 Å². The molecule has 1 heterocycles. The van der Waals surface area contributed by atoms with Gasteiger partial charge in [-0.05, 0) is 12.2 Å². The Hall–Kier alpha value is -3.20. The minimum atomic E-state index is -0.204. The topological polar surface area (TPSA) is 47.3 Å². The molecule has 1 aliphatic carbocycles. The number of hydrogen-bond acceptors (Lipinski definition) is 3. The number of allylic oxidation sites excluding steroid dienone is 2. The number of carbonyl (C=O) groups excluding carboxylic acids is 2. The van der Waals surface area contributed by atoms with Crippen molar-refractivity contribution in [1.29, 1.82) is 0 Å². The molecule has 0 spiro atoms. The van der Waals surface area contributed by atoms with Crippen molar-refractivity contribution in [2.75, 3.05) is 0 Å². The number of benzene rings is 2. The molecule has 2 aromatic carbocycles. The molecule has 23 heavy (non-hydrogen) atoms. The van der Waals surface area contributed by atoms with E-state index < -0.39 is 0 Å². The predicted octanol–water partition coefficient (Wildman–Crippen LogP) is 4.55. The maximum absolute atomic E-state index is 12.4. The average Bonchev–Trinajstić information content (AvgIpc) is 3.02. The van der Waals surface area contributed by atoms with E-state index in [2.05, 4.69) is 0 Å². The Labute approximate surface area is 132 Å². The van der Waals surface area contributed by atoms with Gasteiger partial charge in [-0.3, -0.25) is 9.59 Å². The smallest absolute Gasteiger partial charge is 0.190 e. The highest BCUT2D eigenvalue weighted by molar-refractivity contribution is 6.26. The van der Waals surface area contributed by atoms with Gasteiger partial charge in [0, 0.05) is 11.1 Å². The van der Waals surface area contributed by atoms with Crippen LogP contribution >= 0.6 is 0 Å².